The molecule has 0 radical (unpaired) electrons. The standard InChI is InChI=1S/C14H20Cl2N4O/c1-9-7-20(4-3-19(9)2)8-13(21)18-14-11(16)5-10(15)6-12(14)17/h5-6,9H,3-4,7-8,17H2,1-2H3,(H,18,21). The largest absolute Gasteiger partial charge is 0.397 e. The number of hydrogen-bond donors (Lipinski definition) is 2. The Kier molecular flexibility index (Phi) is 5.32. The fourth-order valence-corrected chi connectivity index (χ4v) is 2.93. The summed E-state index contributed by atoms with van der Waals surface area (Å²) >= 11 is 11.9. The Morgan fingerprint density at radius 3 is 2.76 bits per heavy atom. The van der Waals surface area contributed by atoms with Crippen LogP contribution in [0.5, 0.6) is 0 Å². The van der Waals surface area contributed by atoms with Gasteiger partial charge < -0.3 is 16.0 Å². The highest BCUT2D eigenvalue weighted by atomic mass is 35.5. The number of carbonyl (C=O) groups is 1. The summed E-state index contributed by atoms with van der Waals surface area (Å²) in [5, 5.41) is 3.56. The van der Waals surface area contributed by atoms with Crippen molar-refractivity contribution in [3.05, 3.63) is 22.2 Å². The van der Waals surface area contributed by atoms with E-state index in [1.165, 1.54) is 0 Å². The Labute approximate surface area is 135 Å². The normalized spacial score (nSPS) is 20.5. The number of amides is 1. The molecule has 1 saturated heterocycles. The molecule has 21 heavy (non-hydrogen) atoms. The smallest absolute Gasteiger partial charge is 0.238 e. The van der Waals surface area contributed by atoms with E-state index in [0.29, 0.717) is 34.0 Å². The monoisotopic (exact) mass is 330 g/mol. The van der Waals surface area contributed by atoms with Crippen LogP contribution in [0.3, 0.4) is 0 Å². The van der Waals surface area contributed by atoms with Crippen molar-refractivity contribution in [2.75, 3.05) is 44.3 Å². The first kappa shape index (κ1) is 16.4. The van der Waals surface area contributed by atoms with E-state index >= 15 is 0 Å². The van der Waals surface area contributed by atoms with E-state index in [1.807, 2.05) is 0 Å². The molecule has 2 rings (SSSR count). The average molecular weight is 331 g/mol. The lowest BCUT2D eigenvalue weighted by atomic mass is 10.2. The minimum absolute atomic E-state index is 0.123. The lowest BCUT2D eigenvalue weighted by Crippen LogP contribution is -2.51. The van der Waals surface area contributed by atoms with Crippen LogP contribution in [0.2, 0.25) is 10.0 Å². The molecule has 0 aromatic heterocycles. The summed E-state index contributed by atoms with van der Waals surface area (Å²) in [6, 6.07) is 3.57. The molecule has 1 aromatic carbocycles. The first-order valence-corrected chi connectivity index (χ1v) is 7.59. The zero-order chi connectivity index (χ0) is 15.6. The lowest BCUT2D eigenvalue weighted by Gasteiger charge is -2.37. The van der Waals surface area contributed by atoms with Crippen molar-refractivity contribution in [3.8, 4) is 0 Å². The summed E-state index contributed by atoms with van der Waals surface area (Å²) in [5.74, 6) is -0.123. The lowest BCUT2D eigenvalue weighted by molar-refractivity contribution is -0.117. The van der Waals surface area contributed by atoms with Gasteiger partial charge in [0.05, 0.1) is 22.9 Å². The molecule has 1 aromatic rings. The van der Waals surface area contributed by atoms with Gasteiger partial charge in [0.2, 0.25) is 5.91 Å². The topological polar surface area (TPSA) is 61.6 Å². The molecular weight excluding hydrogens is 311 g/mol. The number of benzene rings is 1. The van der Waals surface area contributed by atoms with Gasteiger partial charge in [-0.05, 0) is 26.1 Å². The summed E-state index contributed by atoms with van der Waals surface area (Å²) in [6.07, 6.45) is 0. The molecule has 1 heterocycles. The third-order valence-corrected chi connectivity index (χ3v) is 4.28. The van der Waals surface area contributed by atoms with Crippen LogP contribution in [-0.4, -0.2) is 55.0 Å². The van der Waals surface area contributed by atoms with E-state index in [-0.39, 0.29) is 5.91 Å². The van der Waals surface area contributed by atoms with Gasteiger partial charge in [-0.25, -0.2) is 0 Å². The summed E-state index contributed by atoms with van der Waals surface area (Å²) in [6.45, 7) is 5.18. The number of hydrogen-bond acceptors (Lipinski definition) is 4. The molecule has 0 saturated carbocycles. The number of likely N-dealkylation sites (N-methyl/N-ethyl adjacent to an activating group) is 1. The Hall–Kier alpha value is -1.01. The summed E-state index contributed by atoms with van der Waals surface area (Å²) in [4.78, 5) is 16.5. The number of anilines is 2. The van der Waals surface area contributed by atoms with Gasteiger partial charge in [-0.2, -0.15) is 0 Å². The van der Waals surface area contributed by atoms with Gasteiger partial charge in [0.25, 0.3) is 0 Å². The van der Waals surface area contributed by atoms with E-state index in [4.69, 9.17) is 28.9 Å². The van der Waals surface area contributed by atoms with Gasteiger partial charge in [0, 0.05) is 30.7 Å². The predicted octanol–water partition coefficient (Wildman–Crippen LogP) is 2.15. The Balaban J connectivity index is 1.96. The van der Waals surface area contributed by atoms with Crippen molar-refractivity contribution in [2.45, 2.75) is 13.0 Å². The third kappa shape index (κ3) is 4.23. The highest BCUT2D eigenvalue weighted by Crippen LogP contribution is 2.31. The number of carbonyl (C=O) groups excluding carboxylic acids is 1. The van der Waals surface area contributed by atoms with Crippen molar-refractivity contribution < 1.29 is 4.79 Å². The SMILES string of the molecule is CC1CN(CC(=O)Nc2c(N)cc(Cl)cc2Cl)CCN1C. The maximum absolute atomic E-state index is 12.1. The van der Waals surface area contributed by atoms with Gasteiger partial charge >= 0.3 is 0 Å². The second-order valence-electron chi connectivity index (χ2n) is 5.46. The van der Waals surface area contributed by atoms with Gasteiger partial charge in [-0.15, -0.1) is 0 Å². The average Bonchev–Trinajstić information content (AvgIpc) is 2.38. The fourth-order valence-electron chi connectivity index (χ4n) is 2.37. The van der Waals surface area contributed by atoms with Crippen molar-refractivity contribution in [2.24, 2.45) is 0 Å². The number of nitrogen functional groups attached to an aromatic ring is 1. The van der Waals surface area contributed by atoms with Crippen molar-refractivity contribution >= 4 is 40.5 Å². The van der Waals surface area contributed by atoms with Crippen LogP contribution in [0.1, 0.15) is 6.92 Å². The molecular formula is C14H20Cl2N4O. The molecule has 1 fully saturated rings. The molecule has 1 amide bonds. The van der Waals surface area contributed by atoms with Crippen LogP contribution < -0.4 is 11.1 Å². The van der Waals surface area contributed by atoms with Crippen LogP contribution in [0.4, 0.5) is 11.4 Å². The zero-order valence-corrected chi connectivity index (χ0v) is 13.7. The highest BCUT2D eigenvalue weighted by Gasteiger charge is 2.22. The molecule has 0 aliphatic carbocycles. The molecule has 3 N–H and O–H groups in total. The molecule has 0 spiro atoms. The second-order valence-corrected chi connectivity index (χ2v) is 6.31. The van der Waals surface area contributed by atoms with Gasteiger partial charge in [-0.3, -0.25) is 9.69 Å². The van der Waals surface area contributed by atoms with E-state index in [0.717, 1.165) is 19.6 Å². The summed E-state index contributed by atoms with van der Waals surface area (Å²) in [7, 11) is 2.09. The van der Waals surface area contributed by atoms with E-state index < -0.39 is 0 Å². The maximum Gasteiger partial charge on any atom is 0.238 e. The molecule has 0 bridgehead atoms. The van der Waals surface area contributed by atoms with Crippen molar-refractivity contribution in [1.82, 2.24) is 9.80 Å². The summed E-state index contributed by atoms with van der Waals surface area (Å²) in [5.41, 5.74) is 6.63. The molecule has 1 atom stereocenters. The van der Waals surface area contributed by atoms with Crippen molar-refractivity contribution in [1.29, 1.82) is 0 Å². The van der Waals surface area contributed by atoms with E-state index in [9.17, 15) is 4.79 Å². The molecule has 116 valence electrons. The number of nitrogens with two attached hydrogens (primary N) is 1. The number of piperazine rings is 1. The number of nitrogens with zero attached hydrogens (tertiary/aromatic N) is 2. The predicted molar refractivity (Wildman–Crippen MR) is 88.0 cm³/mol. The Morgan fingerprint density at radius 2 is 2.14 bits per heavy atom. The van der Waals surface area contributed by atoms with E-state index in [1.54, 1.807) is 12.1 Å². The third-order valence-electron chi connectivity index (χ3n) is 3.76. The van der Waals surface area contributed by atoms with Crippen LogP contribution >= 0.6 is 23.2 Å². The maximum atomic E-state index is 12.1. The van der Waals surface area contributed by atoms with Crippen molar-refractivity contribution in [3.63, 3.8) is 0 Å². The van der Waals surface area contributed by atoms with Gasteiger partial charge in [-0.1, -0.05) is 23.2 Å². The molecule has 1 unspecified atom stereocenters. The van der Waals surface area contributed by atoms with Gasteiger partial charge in [0.1, 0.15) is 0 Å². The fraction of sp³-hybridized carbons (Fsp3) is 0.500. The summed E-state index contributed by atoms with van der Waals surface area (Å²) < 4.78 is 0. The number of rotatable bonds is 3. The first-order valence-electron chi connectivity index (χ1n) is 6.83. The number of halogens is 2. The zero-order valence-electron chi connectivity index (χ0n) is 12.2. The quantitative estimate of drug-likeness (QED) is 0.833. The van der Waals surface area contributed by atoms with Crippen LogP contribution in [0, 0.1) is 0 Å². The van der Waals surface area contributed by atoms with Gasteiger partial charge in [0.15, 0.2) is 0 Å². The van der Waals surface area contributed by atoms with E-state index in [2.05, 4.69) is 29.1 Å². The van der Waals surface area contributed by atoms with Crippen LogP contribution in [-0.2, 0) is 4.79 Å². The molecule has 1 aliphatic heterocycles. The molecule has 1 aliphatic rings. The Morgan fingerprint density at radius 1 is 1.43 bits per heavy atom. The van der Waals surface area contributed by atoms with Crippen LogP contribution in [0.25, 0.3) is 0 Å². The first-order chi connectivity index (χ1) is 9.86. The molecule has 5 nitrogen and oxygen atoms in total. The second kappa shape index (κ2) is 6.83. The minimum Gasteiger partial charge on any atom is -0.397 e. The highest BCUT2D eigenvalue weighted by molar-refractivity contribution is 6.37. The molecule has 7 heteroatoms. The number of nitrogens with one attached hydrogen (secondary N) is 1. The Bertz CT molecular complexity index is 515. The van der Waals surface area contributed by atoms with Crippen LogP contribution in [0.15, 0.2) is 12.1 Å². The minimum atomic E-state index is -0.123.